The third-order valence-corrected chi connectivity index (χ3v) is 12.4. The molecule has 4 aliphatic rings. The molecule has 6 aromatic carbocycles. The van der Waals surface area contributed by atoms with Crippen LogP contribution in [0.1, 0.15) is 41.7 Å². The predicted molar refractivity (Wildman–Crippen MR) is 212 cm³/mol. The SMILES string of the molecule is CC1(C)c2cc3oc4ccccc4c3cc2-c2c1ccc1c3ccccc3n(-c3ccc(C4=CC=C5c6ccccc6C6=CC=CC4C65)cc3)c21. The Balaban J connectivity index is 1.06. The molecule has 4 aliphatic carbocycles. The lowest BCUT2D eigenvalue weighted by Gasteiger charge is -2.31. The summed E-state index contributed by atoms with van der Waals surface area (Å²) in [7, 11) is 0. The lowest BCUT2D eigenvalue weighted by molar-refractivity contribution is 0.647. The monoisotopic (exact) mass is 651 g/mol. The standard InChI is InChI=1S/C49H33NO/c1-49(2)41-25-24-38-33-12-5-7-16-43(33)50(48(38)47(41)40-26-39-34-13-6-8-17-44(34)51-45(39)27-42(40)49)29-20-18-28(19-21-29)30-22-23-37-32-11-4-3-10-31(32)36-15-9-14-35(30)46(36)37/h3-27,35,46H,1-2H3. The summed E-state index contributed by atoms with van der Waals surface area (Å²) in [5.41, 5.74) is 19.1. The minimum Gasteiger partial charge on any atom is -0.456 e. The van der Waals surface area contributed by atoms with Gasteiger partial charge in [0.25, 0.3) is 0 Å². The van der Waals surface area contributed by atoms with E-state index >= 15 is 0 Å². The summed E-state index contributed by atoms with van der Waals surface area (Å²) in [5, 5.41) is 4.91. The van der Waals surface area contributed by atoms with Crippen LogP contribution in [0, 0.1) is 11.8 Å². The van der Waals surface area contributed by atoms with Gasteiger partial charge in [-0.3, -0.25) is 0 Å². The molecule has 12 rings (SSSR count). The zero-order chi connectivity index (χ0) is 33.6. The molecule has 2 heteroatoms. The molecule has 2 heterocycles. The molecule has 240 valence electrons. The highest BCUT2D eigenvalue weighted by molar-refractivity contribution is 6.17. The molecule has 0 radical (unpaired) electrons. The van der Waals surface area contributed by atoms with E-state index in [2.05, 4.69) is 170 Å². The number of fused-ring (bicyclic) bond motifs is 13. The van der Waals surface area contributed by atoms with Crippen molar-refractivity contribution >= 4 is 60.5 Å². The van der Waals surface area contributed by atoms with Crippen LogP contribution >= 0.6 is 0 Å². The normalized spacial score (nSPS) is 19.2. The highest BCUT2D eigenvalue weighted by atomic mass is 16.3. The van der Waals surface area contributed by atoms with Crippen LogP contribution in [0.15, 0.2) is 156 Å². The fourth-order valence-electron chi connectivity index (χ4n) is 10.1. The van der Waals surface area contributed by atoms with Crippen molar-refractivity contribution in [2.75, 3.05) is 0 Å². The van der Waals surface area contributed by atoms with Crippen molar-refractivity contribution in [1.82, 2.24) is 4.57 Å². The van der Waals surface area contributed by atoms with Gasteiger partial charge in [-0.25, -0.2) is 0 Å². The van der Waals surface area contributed by atoms with E-state index in [4.69, 9.17) is 4.42 Å². The molecule has 0 aliphatic heterocycles. The van der Waals surface area contributed by atoms with Gasteiger partial charge in [0, 0.05) is 50.0 Å². The van der Waals surface area contributed by atoms with Crippen LogP contribution in [-0.2, 0) is 5.41 Å². The average Bonchev–Trinajstić information content (AvgIpc) is 3.88. The van der Waals surface area contributed by atoms with Gasteiger partial charge in [0.05, 0.1) is 11.0 Å². The first-order valence-electron chi connectivity index (χ1n) is 18.1. The van der Waals surface area contributed by atoms with Crippen molar-refractivity contribution < 1.29 is 4.42 Å². The Morgan fingerprint density at radius 1 is 0.569 bits per heavy atom. The second kappa shape index (κ2) is 9.56. The number of aromatic nitrogens is 1. The zero-order valence-corrected chi connectivity index (χ0v) is 28.4. The van der Waals surface area contributed by atoms with Gasteiger partial charge in [-0.15, -0.1) is 0 Å². The van der Waals surface area contributed by atoms with Gasteiger partial charge >= 0.3 is 0 Å². The first-order valence-corrected chi connectivity index (χ1v) is 18.1. The zero-order valence-electron chi connectivity index (χ0n) is 28.4. The van der Waals surface area contributed by atoms with Crippen LogP contribution in [0.3, 0.4) is 0 Å². The molecule has 8 aromatic rings. The number of allylic oxidation sites excluding steroid dienone is 8. The molecule has 0 fully saturated rings. The number of nitrogens with zero attached hydrogens (tertiary/aromatic N) is 1. The van der Waals surface area contributed by atoms with Crippen LogP contribution in [0.25, 0.3) is 77.3 Å². The quantitative estimate of drug-likeness (QED) is 0.182. The van der Waals surface area contributed by atoms with Crippen molar-refractivity contribution in [3.05, 3.63) is 180 Å². The topological polar surface area (TPSA) is 18.1 Å². The smallest absolute Gasteiger partial charge is 0.135 e. The van der Waals surface area contributed by atoms with E-state index in [9.17, 15) is 0 Å². The molecule has 0 amide bonds. The van der Waals surface area contributed by atoms with Crippen LogP contribution in [-0.4, -0.2) is 4.57 Å². The first kappa shape index (κ1) is 27.7. The van der Waals surface area contributed by atoms with Gasteiger partial charge in [0.1, 0.15) is 11.2 Å². The maximum absolute atomic E-state index is 6.40. The van der Waals surface area contributed by atoms with E-state index in [0.717, 1.165) is 11.2 Å². The van der Waals surface area contributed by atoms with Crippen molar-refractivity contribution in [1.29, 1.82) is 0 Å². The predicted octanol–water partition coefficient (Wildman–Crippen LogP) is 12.7. The summed E-state index contributed by atoms with van der Waals surface area (Å²) in [6.45, 7) is 4.72. The van der Waals surface area contributed by atoms with Gasteiger partial charge in [-0.1, -0.05) is 129 Å². The number of benzene rings is 6. The van der Waals surface area contributed by atoms with E-state index in [-0.39, 0.29) is 5.41 Å². The second-order valence-corrected chi connectivity index (χ2v) is 15.2. The summed E-state index contributed by atoms with van der Waals surface area (Å²) >= 11 is 0. The fraction of sp³-hybridized carbons (Fsp3) is 0.102. The van der Waals surface area contributed by atoms with Crippen LogP contribution in [0.5, 0.6) is 0 Å². The molecule has 0 N–H and O–H groups in total. The van der Waals surface area contributed by atoms with Crippen molar-refractivity contribution in [2.24, 2.45) is 11.8 Å². The lowest BCUT2D eigenvalue weighted by Crippen LogP contribution is -2.18. The molecule has 2 aromatic heterocycles. The summed E-state index contributed by atoms with van der Waals surface area (Å²) in [4.78, 5) is 0. The Morgan fingerprint density at radius 3 is 2.14 bits per heavy atom. The van der Waals surface area contributed by atoms with E-state index in [0.29, 0.717) is 11.8 Å². The van der Waals surface area contributed by atoms with Gasteiger partial charge in [0.2, 0.25) is 0 Å². The van der Waals surface area contributed by atoms with Gasteiger partial charge in [-0.05, 0) is 86.5 Å². The number of hydrogen-bond donors (Lipinski definition) is 0. The third-order valence-electron chi connectivity index (χ3n) is 12.4. The molecule has 0 bridgehead atoms. The highest BCUT2D eigenvalue weighted by Gasteiger charge is 2.41. The number of hydrogen-bond acceptors (Lipinski definition) is 1. The van der Waals surface area contributed by atoms with Crippen molar-refractivity contribution in [3.8, 4) is 16.8 Å². The van der Waals surface area contributed by atoms with Crippen molar-refractivity contribution in [3.63, 3.8) is 0 Å². The molecule has 51 heavy (non-hydrogen) atoms. The number of para-hydroxylation sites is 2. The van der Waals surface area contributed by atoms with Crippen molar-refractivity contribution in [2.45, 2.75) is 19.3 Å². The Morgan fingerprint density at radius 2 is 1.29 bits per heavy atom. The van der Waals surface area contributed by atoms with Gasteiger partial charge in [0.15, 0.2) is 0 Å². The van der Waals surface area contributed by atoms with Gasteiger partial charge in [-0.2, -0.15) is 0 Å². The Labute approximate surface area is 296 Å². The van der Waals surface area contributed by atoms with Crippen LogP contribution in [0.4, 0.5) is 0 Å². The van der Waals surface area contributed by atoms with E-state index in [1.807, 2.05) is 0 Å². The molecule has 2 nitrogen and oxygen atoms in total. The molecule has 2 unspecified atom stereocenters. The highest BCUT2D eigenvalue weighted by Crippen LogP contribution is 2.57. The Hall–Kier alpha value is -6.12. The summed E-state index contributed by atoms with van der Waals surface area (Å²) < 4.78 is 8.92. The minimum atomic E-state index is -0.169. The maximum Gasteiger partial charge on any atom is 0.135 e. The number of rotatable bonds is 2. The molecular formula is C49H33NO. The summed E-state index contributed by atoms with van der Waals surface area (Å²) in [5.74, 6) is 0.712. The fourth-order valence-corrected chi connectivity index (χ4v) is 10.1. The van der Waals surface area contributed by atoms with Gasteiger partial charge < -0.3 is 8.98 Å². The maximum atomic E-state index is 6.40. The summed E-state index contributed by atoms with van der Waals surface area (Å²) in [6, 6.07) is 45.0. The molecule has 0 spiro atoms. The molecule has 0 saturated carbocycles. The number of furan rings is 1. The third kappa shape index (κ3) is 3.47. The Bertz CT molecular complexity index is 2990. The largest absolute Gasteiger partial charge is 0.456 e. The lowest BCUT2D eigenvalue weighted by atomic mass is 9.72. The van der Waals surface area contributed by atoms with Crippen LogP contribution < -0.4 is 0 Å². The molecular weight excluding hydrogens is 619 g/mol. The van der Waals surface area contributed by atoms with E-state index in [1.54, 1.807) is 0 Å². The molecule has 0 saturated heterocycles. The summed E-state index contributed by atoms with van der Waals surface area (Å²) in [6.07, 6.45) is 11.7. The first-order chi connectivity index (χ1) is 25.1. The minimum absolute atomic E-state index is 0.169. The Kier molecular flexibility index (Phi) is 5.19. The van der Waals surface area contributed by atoms with E-state index in [1.165, 1.54) is 93.9 Å². The molecule has 2 atom stereocenters. The van der Waals surface area contributed by atoms with Crippen LogP contribution in [0.2, 0.25) is 0 Å². The van der Waals surface area contributed by atoms with E-state index < -0.39 is 0 Å². The average molecular weight is 652 g/mol. The second-order valence-electron chi connectivity index (χ2n) is 15.2.